The number of anilines is 1. The molecule has 2 N–H and O–H groups in total. The molecule has 0 spiro atoms. The van der Waals surface area contributed by atoms with Gasteiger partial charge in [-0.3, -0.25) is 0 Å². The van der Waals surface area contributed by atoms with E-state index in [0.29, 0.717) is 12.1 Å². The maximum atomic E-state index is 13.1. The Morgan fingerprint density at radius 1 is 1.06 bits per heavy atom. The van der Waals surface area contributed by atoms with Crippen LogP contribution in [0.15, 0.2) is 36.4 Å². The van der Waals surface area contributed by atoms with Crippen molar-refractivity contribution in [2.75, 3.05) is 5.32 Å². The third-order valence-electron chi connectivity index (χ3n) is 2.95. The molecule has 0 aliphatic heterocycles. The summed E-state index contributed by atoms with van der Waals surface area (Å²) in [5.74, 6) is -0.473. The van der Waals surface area contributed by atoms with Gasteiger partial charge in [0.15, 0.2) is 0 Å². The van der Waals surface area contributed by atoms with Crippen molar-refractivity contribution in [3.63, 3.8) is 0 Å². The second-order valence-electron chi connectivity index (χ2n) is 4.47. The molecule has 3 heteroatoms. The van der Waals surface area contributed by atoms with E-state index in [1.165, 1.54) is 17.2 Å². The molecule has 0 heterocycles. The van der Waals surface area contributed by atoms with E-state index in [-0.39, 0.29) is 5.75 Å². The number of nitrogens with one attached hydrogen (secondary N) is 1. The lowest BCUT2D eigenvalue weighted by molar-refractivity contribution is 0.468. The molecule has 2 aromatic rings. The minimum atomic E-state index is -0.424. The van der Waals surface area contributed by atoms with Crippen LogP contribution in [0.1, 0.15) is 16.7 Å². The van der Waals surface area contributed by atoms with Crippen LogP contribution in [0.3, 0.4) is 0 Å². The van der Waals surface area contributed by atoms with E-state index < -0.39 is 5.82 Å². The first kappa shape index (κ1) is 12.4. The SMILES string of the molecule is Cc1ccc(NCc2cc(O)cc(F)c2)cc1C. The van der Waals surface area contributed by atoms with Gasteiger partial charge in [-0.15, -0.1) is 0 Å². The van der Waals surface area contributed by atoms with Gasteiger partial charge in [0.2, 0.25) is 0 Å². The molecule has 0 aliphatic carbocycles. The number of hydrogen-bond donors (Lipinski definition) is 2. The fourth-order valence-corrected chi connectivity index (χ4v) is 1.79. The molecule has 0 atom stereocenters. The lowest BCUT2D eigenvalue weighted by atomic mass is 10.1. The first-order valence-corrected chi connectivity index (χ1v) is 5.84. The number of phenolic OH excluding ortho intramolecular Hbond substituents is 1. The Morgan fingerprint density at radius 3 is 2.50 bits per heavy atom. The van der Waals surface area contributed by atoms with E-state index in [4.69, 9.17) is 0 Å². The number of benzene rings is 2. The third-order valence-corrected chi connectivity index (χ3v) is 2.95. The Morgan fingerprint density at radius 2 is 1.83 bits per heavy atom. The highest BCUT2D eigenvalue weighted by atomic mass is 19.1. The largest absolute Gasteiger partial charge is 0.508 e. The van der Waals surface area contributed by atoms with Crippen molar-refractivity contribution in [3.8, 4) is 5.75 Å². The highest BCUT2D eigenvalue weighted by Crippen LogP contribution is 2.18. The Bertz CT molecular complexity index is 546. The molecule has 0 aromatic heterocycles. The third kappa shape index (κ3) is 3.00. The monoisotopic (exact) mass is 245 g/mol. The minimum Gasteiger partial charge on any atom is -0.508 e. The molecule has 2 aromatic carbocycles. The molecule has 2 nitrogen and oxygen atoms in total. The molecule has 0 aliphatic rings. The van der Waals surface area contributed by atoms with Crippen LogP contribution < -0.4 is 5.32 Å². The van der Waals surface area contributed by atoms with E-state index >= 15 is 0 Å². The highest BCUT2D eigenvalue weighted by molar-refractivity contribution is 5.48. The van der Waals surface area contributed by atoms with Gasteiger partial charge >= 0.3 is 0 Å². The molecular formula is C15H16FNO. The fourth-order valence-electron chi connectivity index (χ4n) is 1.79. The Kier molecular flexibility index (Phi) is 3.51. The number of hydrogen-bond acceptors (Lipinski definition) is 2. The van der Waals surface area contributed by atoms with Crippen LogP contribution in [0.5, 0.6) is 5.75 Å². The zero-order valence-electron chi connectivity index (χ0n) is 10.5. The van der Waals surface area contributed by atoms with Crippen LogP contribution in [-0.4, -0.2) is 5.11 Å². The van der Waals surface area contributed by atoms with Crippen molar-refractivity contribution in [2.45, 2.75) is 20.4 Å². The average molecular weight is 245 g/mol. The predicted molar refractivity (Wildman–Crippen MR) is 71.3 cm³/mol. The predicted octanol–water partition coefficient (Wildman–Crippen LogP) is 3.76. The lowest BCUT2D eigenvalue weighted by Gasteiger charge is -2.09. The first-order chi connectivity index (χ1) is 8.54. The van der Waals surface area contributed by atoms with Gasteiger partial charge in [0, 0.05) is 18.3 Å². The summed E-state index contributed by atoms with van der Waals surface area (Å²) in [7, 11) is 0. The van der Waals surface area contributed by atoms with Crippen molar-refractivity contribution >= 4 is 5.69 Å². The van der Waals surface area contributed by atoms with Crippen LogP contribution in [0, 0.1) is 19.7 Å². The summed E-state index contributed by atoms with van der Waals surface area (Å²) in [4.78, 5) is 0. The summed E-state index contributed by atoms with van der Waals surface area (Å²) < 4.78 is 13.1. The number of aryl methyl sites for hydroxylation is 2. The Balaban J connectivity index is 2.08. The average Bonchev–Trinajstić information content (AvgIpc) is 2.29. The van der Waals surface area contributed by atoms with Gasteiger partial charge in [0.05, 0.1) is 0 Å². The number of aromatic hydroxyl groups is 1. The zero-order valence-corrected chi connectivity index (χ0v) is 10.5. The maximum Gasteiger partial charge on any atom is 0.127 e. The molecule has 0 unspecified atom stereocenters. The topological polar surface area (TPSA) is 32.3 Å². The van der Waals surface area contributed by atoms with Gasteiger partial charge in [0.25, 0.3) is 0 Å². The molecule has 0 saturated heterocycles. The highest BCUT2D eigenvalue weighted by Gasteiger charge is 2.01. The molecule has 18 heavy (non-hydrogen) atoms. The number of halogens is 1. The molecule has 0 amide bonds. The second-order valence-corrected chi connectivity index (χ2v) is 4.47. The van der Waals surface area contributed by atoms with Crippen LogP contribution in [0.25, 0.3) is 0 Å². The van der Waals surface area contributed by atoms with Crippen molar-refractivity contribution in [1.29, 1.82) is 0 Å². The Hall–Kier alpha value is -2.03. The van der Waals surface area contributed by atoms with E-state index in [9.17, 15) is 9.50 Å². The van der Waals surface area contributed by atoms with Crippen molar-refractivity contribution in [3.05, 3.63) is 58.9 Å². The summed E-state index contributed by atoms with van der Waals surface area (Å²) in [6.45, 7) is 4.59. The number of phenols is 1. The first-order valence-electron chi connectivity index (χ1n) is 5.84. The molecule has 0 fully saturated rings. The summed E-state index contributed by atoms with van der Waals surface area (Å²) in [6, 6.07) is 10.1. The van der Waals surface area contributed by atoms with E-state index in [1.54, 1.807) is 6.07 Å². The van der Waals surface area contributed by atoms with Gasteiger partial charge in [0.1, 0.15) is 11.6 Å². The van der Waals surface area contributed by atoms with Gasteiger partial charge in [-0.05, 0) is 54.8 Å². The summed E-state index contributed by atoms with van der Waals surface area (Å²) in [5.41, 5.74) is 4.15. The molecule has 94 valence electrons. The quantitative estimate of drug-likeness (QED) is 0.863. The van der Waals surface area contributed by atoms with Crippen molar-refractivity contribution in [1.82, 2.24) is 0 Å². The van der Waals surface area contributed by atoms with Crippen molar-refractivity contribution < 1.29 is 9.50 Å². The summed E-state index contributed by atoms with van der Waals surface area (Å²) >= 11 is 0. The van der Waals surface area contributed by atoms with Crippen LogP contribution in [0.4, 0.5) is 10.1 Å². The van der Waals surface area contributed by atoms with Crippen LogP contribution in [-0.2, 0) is 6.54 Å². The van der Waals surface area contributed by atoms with Gasteiger partial charge in [-0.1, -0.05) is 6.07 Å². The maximum absolute atomic E-state index is 13.1. The fraction of sp³-hybridized carbons (Fsp3) is 0.200. The zero-order chi connectivity index (χ0) is 13.1. The molecule has 0 saturated carbocycles. The summed E-state index contributed by atoms with van der Waals surface area (Å²) in [5, 5.41) is 12.5. The molecule has 0 radical (unpaired) electrons. The summed E-state index contributed by atoms with van der Waals surface area (Å²) in [6.07, 6.45) is 0. The van der Waals surface area contributed by atoms with Gasteiger partial charge in [-0.25, -0.2) is 4.39 Å². The van der Waals surface area contributed by atoms with E-state index in [1.807, 2.05) is 12.1 Å². The van der Waals surface area contributed by atoms with Crippen molar-refractivity contribution in [2.24, 2.45) is 0 Å². The minimum absolute atomic E-state index is 0.0492. The van der Waals surface area contributed by atoms with Gasteiger partial charge in [-0.2, -0.15) is 0 Å². The molecular weight excluding hydrogens is 229 g/mol. The smallest absolute Gasteiger partial charge is 0.127 e. The lowest BCUT2D eigenvalue weighted by Crippen LogP contribution is -2.00. The standard InChI is InChI=1S/C15H16FNO/c1-10-3-4-14(5-11(10)2)17-9-12-6-13(16)8-15(18)7-12/h3-8,17-18H,9H2,1-2H3. The molecule has 0 bridgehead atoms. The van der Waals surface area contributed by atoms with E-state index in [0.717, 1.165) is 11.8 Å². The molecule has 2 rings (SSSR count). The Labute approximate surface area is 106 Å². The normalized spacial score (nSPS) is 10.4. The number of rotatable bonds is 3. The van der Waals surface area contributed by atoms with Crippen LogP contribution >= 0.6 is 0 Å². The second kappa shape index (κ2) is 5.08. The van der Waals surface area contributed by atoms with Gasteiger partial charge < -0.3 is 10.4 Å². The van der Waals surface area contributed by atoms with E-state index in [2.05, 4.69) is 25.2 Å². The van der Waals surface area contributed by atoms with Crippen LogP contribution in [0.2, 0.25) is 0 Å².